The molecule has 2 aliphatic carbocycles. The lowest BCUT2D eigenvalue weighted by Gasteiger charge is -2.20. The first-order valence-electron chi connectivity index (χ1n) is 19.7. The number of aromatic nitrogens is 1. The van der Waals surface area contributed by atoms with E-state index in [1.807, 2.05) is 12.1 Å². The Morgan fingerprint density at radius 3 is 1.24 bits per heavy atom. The molecule has 15 heteroatoms. The van der Waals surface area contributed by atoms with Crippen molar-refractivity contribution < 1.29 is 47.5 Å². The van der Waals surface area contributed by atoms with Gasteiger partial charge in [0.05, 0.1) is 80.1 Å². The Bertz CT molecular complexity index is 2520. The first-order valence-corrected chi connectivity index (χ1v) is 19.7. The van der Waals surface area contributed by atoms with Gasteiger partial charge in [0.25, 0.3) is 11.8 Å². The van der Waals surface area contributed by atoms with E-state index in [0.717, 1.165) is 11.1 Å². The number of carbonyl (C=O) groups excluding carboxylic acids is 2. The molecule has 62 heavy (non-hydrogen) atoms. The van der Waals surface area contributed by atoms with E-state index in [-0.39, 0.29) is 33.5 Å². The fraction of sp³-hybridized carbons (Fsp3) is 0.298. The Kier molecular flexibility index (Phi) is 12.5. The number of methoxy groups -OCH3 is 8. The van der Waals surface area contributed by atoms with E-state index >= 15 is 0 Å². The van der Waals surface area contributed by atoms with Gasteiger partial charge >= 0.3 is 0 Å². The minimum absolute atomic E-state index is 0.109. The number of benzene rings is 2. The van der Waals surface area contributed by atoms with Gasteiger partial charge in [0.1, 0.15) is 0 Å². The molecule has 4 aromatic carbocycles. The fourth-order valence-electron chi connectivity index (χ4n) is 8.40. The second-order valence-electron chi connectivity index (χ2n) is 14.5. The third-order valence-electron chi connectivity index (χ3n) is 11.3. The smallest absolute Gasteiger partial charge is 0.253 e. The molecular weight excluding hydrogens is 799 g/mol. The summed E-state index contributed by atoms with van der Waals surface area (Å²) in [5, 5.41) is 6.19. The molecule has 15 nitrogen and oxygen atoms in total. The highest BCUT2D eigenvalue weighted by Crippen LogP contribution is 2.52. The highest BCUT2D eigenvalue weighted by Gasteiger charge is 2.32. The number of fused-ring (bicyclic) bond motifs is 6. The number of nitrogens with zero attached hydrogens (tertiary/aromatic N) is 1. The van der Waals surface area contributed by atoms with Crippen molar-refractivity contribution in [3.63, 3.8) is 0 Å². The van der Waals surface area contributed by atoms with Crippen molar-refractivity contribution in [2.75, 3.05) is 56.9 Å². The lowest BCUT2D eigenvalue weighted by atomic mass is 9.95. The quantitative estimate of drug-likeness (QED) is 0.149. The number of hydrogen-bond acceptors (Lipinski definition) is 13. The lowest BCUT2D eigenvalue weighted by Crippen LogP contribution is -2.31. The number of carbonyl (C=O) groups is 2. The zero-order valence-corrected chi connectivity index (χ0v) is 35.7. The van der Waals surface area contributed by atoms with Gasteiger partial charge in [-0.1, -0.05) is 12.1 Å². The summed E-state index contributed by atoms with van der Waals surface area (Å²) in [4.78, 5) is 59.5. The predicted molar refractivity (Wildman–Crippen MR) is 230 cm³/mol. The number of ether oxygens (including phenoxy) is 8. The fourth-order valence-corrected chi connectivity index (χ4v) is 8.40. The molecule has 5 aromatic rings. The number of nitrogens with one attached hydrogen (secondary N) is 2. The van der Waals surface area contributed by atoms with Gasteiger partial charge in [0.2, 0.25) is 22.4 Å². The molecule has 1 heterocycles. The van der Waals surface area contributed by atoms with Gasteiger partial charge in [-0.25, -0.2) is 0 Å². The van der Waals surface area contributed by atoms with Crippen LogP contribution in [0.1, 0.15) is 67.9 Å². The Labute approximate surface area is 357 Å². The Morgan fingerprint density at radius 1 is 0.500 bits per heavy atom. The number of pyridine rings is 1. The maximum atomic E-state index is 14.2. The summed E-state index contributed by atoms with van der Waals surface area (Å²) in [6.45, 7) is 0. The van der Waals surface area contributed by atoms with Gasteiger partial charge in [-0.05, 0) is 102 Å². The normalized spacial score (nSPS) is 14.8. The Hall–Kier alpha value is -7.29. The minimum atomic E-state index is -0.675. The van der Waals surface area contributed by atoms with Crippen molar-refractivity contribution >= 4 is 11.8 Å². The summed E-state index contributed by atoms with van der Waals surface area (Å²) < 4.78 is 45.3. The van der Waals surface area contributed by atoms with Crippen LogP contribution in [0.2, 0.25) is 0 Å². The molecule has 2 atom stereocenters. The van der Waals surface area contributed by atoms with Crippen LogP contribution in [-0.2, 0) is 12.8 Å². The molecule has 7 rings (SSSR count). The maximum Gasteiger partial charge on any atom is 0.253 e. The molecule has 0 unspecified atom stereocenters. The predicted octanol–water partition coefficient (Wildman–Crippen LogP) is 6.04. The van der Waals surface area contributed by atoms with Crippen molar-refractivity contribution in [3.05, 3.63) is 121 Å². The van der Waals surface area contributed by atoms with Crippen molar-refractivity contribution in [2.24, 2.45) is 0 Å². The molecule has 0 spiro atoms. The summed E-state index contributed by atoms with van der Waals surface area (Å²) >= 11 is 0. The first kappa shape index (κ1) is 42.8. The van der Waals surface area contributed by atoms with E-state index in [9.17, 15) is 19.2 Å². The summed E-state index contributed by atoms with van der Waals surface area (Å²) in [6.07, 6.45) is 4.44. The molecule has 0 bridgehead atoms. The highest BCUT2D eigenvalue weighted by molar-refractivity contribution is 6.00. The minimum Gasteiger partial charge on any atom is -0.493 e. The molecule has 2 N–H and O–H groups in total. The van der Waals surface area contributed by atoms with Crippen LogP contribution in [0.15, 0.2) is 76.6 Å². The monoisotopic (exact) mass is 845 g/mol. The van der Waals surface area contributed by atoms with Crippen LogP contribution in [0.25, 0.3) is 22.3 Å². The number of aryl methyl sites for hydroxylation is 2. The average Bonchev–Trinajstić information content (AvgIpc) is 3.69. The van der Waals surface area contributed by atoms with Crippen LogP contribution in [0.5, 0.6) is 46.0 Å². The largest absolute Gasteiger partial charge is 0.493 e. The molecule has 2 amide bonds. The van der Waals surface area contributed by atoms with Crippen LogP contribution in [0.4, 0.5) is 0 Å². The Morgan fingerprint density at radius 2 is 0.887 bits per heavy atom. The molecule has 322 valence electrons. The van der Waals surface area contributed by atoms with Crippen molar-refractivity contribution in [1.82, 2.24) is 15.6 Å². The van der Waals surface area contributed by atoms with Gasteiger partial charge in [-0.3, -0.25) is 24.2 Å². The number of rotatable bonds is 12. The van der Waals surface area contributed by atoms with Gasteiger partial charge in [-0.2, -0.15) is 0 Å². The van der Waals surface area contributed by atoms with E-state index < -0.39 is 23.9 Å². The van der Waals surface area contributed by atoms with Gasteiger partial charge in [0, 0.05) is 23.5 Å². The first-order chi connectivity index (χ1) is 30.0. The second-order valence-corrected chi connectivity index (χ2v) is 14.5. The number of hydrogen-bond donors (Lipinski definition) is 2. The third kappa shape index (κ3) is 7.77. The molecule has 0 saturated heterocycles. The summed E-state index contributed by atoms with van der Waals surface area (Å²) in [5.41, 5.74) is 4.84. The van der Waals surface area contributed by atoms with E-state index in [2.05, 4.69) is 15.6 Å². The van der Waals surface area contributed by atoms with E-state index in [1.54, 1.807) is 24.3 Å². The van der Waals surface area contributed by atoms with Crippen molar-refractivity contribution in [2.45, 2.75) is 37.8 Å². The molecule has 2 aliphatic rings. The van der Waals surface area contributed by atoms with E-state index in [0.29, 0.717) is 93.6 Å². The summed E-state index contributed by atoms with van der Waals surface area (Å²) in [7, 11) is 12.0. The molecule has 1 aromatic heterocycles. The van der Waals surface area contributed by atoms with Crippen LogP contribution < -0.4 is 59.4 Å². The second kappa shape index (κ2) is 18.1. The molecule has 0 aliphatic heterocycles. The lowest BCUT2D eigenvalue weighted by molar-refractivity contribution is 0.0934. The van der Waals surface area contributed by atoms with Gasteiger partial charge in [-0.15, -0.1) is 0 Å². The molecule has 0 radical (unpaired) electrons. The zero-order chi connectivity index (χ0) is 44.2. The zero-order valence-electron chi connectivity index (χ0n) is 35.7. The van der Waals surface area contributed by atoms with Gasteiger partial charge < -0.3 is 48.5 Å². The number of amides is 2. The topological polar surface area (TPSA) is 179 Å². The van der Waals surface area contributed by atoms with Crippen LogP contribution in [-0.4, -0.2) is 73.7 Å². The Balaban J connectivity index is 1.23. The summed E-state index contributed by atoms with van der Waals surface area (Å²) in [5.74, 6) is 1.69. The van der Waals surface area contributed by atoms with E-state index in [1.165, 1.54) is 87.5 Å². The molecule has 0 fully saturated rings. The van der Waals surface area contributed by atoms with Crippen molar-refractivity contribution in [1.29, 1.82) is 0 Å². The van der Waals surface area contributed by atoms with Crippen LogP contribution in [0.3, 0.4) is 0 Å². The SMILES string of the molecule is COc1cc2c(c(OC)c1OC)-c1ccc(OC)c(=O)cc1[C@@H](NC(=O)c1cncc(C(=O)N[C@H]3CCc4cc(OC)c(OC)c(OC)c4-c4ccc(OC)c(=O)cc43)c1)CC2. The standard InChI is InChI=1S/C47H47N3O12/c1-55-36-15-11-28-30(20-34(36)51)32(13-9-24-18-38(57-3)42(59-5)44(61-7)40(24)28)49-46(53)26-17-27(23-48-22-26)47(54)50-33-14-10-25-19-39(58-4)43(60-6)45(62-8)41(25)29-12-16-37(56-2)35(52)21-31(29)33/h11-12,15-23,32-33H,9-10,13-14H2,1-8H3,(H,49,53)(H,50,54)/t32-,33-/m0/s1. The van der Waals surface area contributed by atoms with E-state index in [4.69, 9.17) is 37.9 Å². The van der Waals surface area contributed by atoms with Gasteiger partial charge in [0.15, 0.2) is 34.5 Å². The van der Waals surface area contributed by atoms with Crippen LogP contribution >= 0.6 is 0 Å². The highest BCUT2D eigenvalue weighted by atomic mass is 16.5. The van der Waals surface area contributed by atoms with Crippen LogP contribution in [0, 0.1) is 0 Å². The molecular formula is C47H47N3O12. The van der Waals surface area contributed by atoms with Crippen molar-refractivity contribution in [3.8, 4) is 68.2 Å². The summed E-state index contributed by atoms with van der Waals surface area (Å²) in [6, 6.07) is 13.4. The maximum absolute atomic E-state index is 14.2. The third-order valence-corrected chi connectivity index (χ3v) is 11.3. The molecule has 0 saturated carbocycles. The average molecular weight is 846 g/mol.